The molecule has 0 spiro atoms. The molecular formula is C24H16FN3O4S2. The standard InChI is InChI=1S/C24H16FN3O4S2/c25-16-10-5-4-9-15(16)13-33-24-27-26-23(34-24)28-19(14-7-2-1-3-8-14)18(21(30)22(28)31)20(29)17-11-6-12-32-17/h1-12,19,30H,13H2. The van der Waals surface area contributed by atoms with Crippen LogP contribution >= 0.6 is 23.1 Å². The topological polar surface area (TPSA) is 96.5 Å². The van der Waals surface area contributed by atoms with Gasteiger partial charge in [-0.2, -0.15) is 0 Å². The number of hydrogen-bond donors (Lipinski definition) is 1. The molecule has 0 radical (unpaired) electrons. The van der Waals surface area contributed by atoms with E-state index in [1.165, 1.54) is 35.1 Å². The molecule has 1 unspecified atom stereocenters. The third-order valence-electron chi connectivity index (χ3n) is 5.22. The Labute approximate surface area is 201 Å². The summed E-state index contributed by atoms with van der Waals surface area (Å²) in [5.41, 5.74) is 1.04. The molecule has 5 rings (SSSR count). The van der Waals surface area contributed by atoms with Crippen molar-refractivity contribution in [3.63, 3.8) is 0 Å². The van der Waals surface area contributed by atoms with E-state index in [0.717, 1.165) is 11.3 Å². The molecule has 2 aromatic carbocycles. The van der Waals surface area contributed by atoms with Crippen molar-refractivity contribution < 1.29 is 23.5 Å². The van der Waals surface area contributed by atoms with Gasteiger partial charge in [0.05, 0.1) is 17.9 Å². The highest BCUT2D eigenvalue weighted by atomic mass is 32.2. The summed E-state index contributed by atoms with van der Waals surface area (Å²) in [6, 6.07) is 17.4. The number of aliphatic hydroxyl groups excluding tert-OH is 1. The van der Waals surface area contributed by atoms with E-state index in [-0.39, 0.29) is 22.3 Å². The summed E-state index contributed by atoms with van der Waals surface area (Å²) >= 11 is 2.40. The SMILES string of the molecule is O=C(C1=C(O)C(=O)N(c2nnc(SCc3ccccc3F)s2)C1c1ccccc1)c1ccco1. The van der Waals surface area contributed by atoms with Crippen molar-refractivity contribution in [3.8, 4) is 0 Å². The van der Waals surface area contributed by atoms with E-state index in [0.29, 0.717) is 21.2 Å². The lowest BCUT2D eigenvalue weighted by Crippen LogP contribution is -2.31. The van der Waals surface area contributed by atoms with E-state index < -0.39 is 23.5 Å². The second-order valence-electron chi connectivity index (χ2n) is 7.29. The number of thioether (sulfide) groups is 1. The molecule has 1 amide bonds. The van der Waals surface area contributed by atoms with Gasteiger partial charge in [-0.25, -0.2) is 4.39 Å². The number of carbonyl (C=O) groups is 2. The molecule has 1 aliphatic rings. The maximum atomic E-state index is 13.9. The number of carbonyl (C=O) groups excluding carboxylic acids is 2. The van der Waals surface area contributed by atoms with Gasteiger partial charge in [-0.05, 0) is 29.3 Å². The Morgan fingerprint density at radius 3 is 2.59 bits per heavy atom. The number of aromatic nitrogens is 2. The Morgan fingerprint density at radius 1 is 1.09 bits per heavy atom. The Bertz CT molecular complexity index is 1390. The van der Waals surface area contributed by atoms with Crippen LogP contribution in [0.25, 0.3) is 0 Å². The summed E-state index contributed by atoms with van der Waals surface area (Å²) in [6.45, 7) is 0. The molecule has 1 N–H and O–H groups in total. The zero-order chi connectivity index (χ0) is 23.7. The smallest absolute Gasteiger partial charge is 0.296 e. The molecule has 2 aromatic heterocycles. The minimum absolute atomic E-state index is 0.00975. The number of aliphatic hydroxyl groups is 1. The molecule has 1 atom stereocenters. The van der Waals surface area contributed by atoms with Crippen LogP contribution in [0.3, 0.4) is 0 Å². The first-order chi connectivity index (χ1) is 16.5. The van der Waals surface area contributed by atoms with Gasteiger partial charge in [-0.3, -0.25) is 14.5 Å². The van der Waals surface area contributed by atoms with Crippen molar-refractivity contribution in [1.29, 1.82) is 0 Å². The number of Topliss-reactive ketones (excluding diaryl/α,β-unsaturated/α-hetero) is 1. The van der Waals surface area contributed by atoms with Crippen molar-refractivity contribution in [2.75, 3.05) is 4.90 Å². The fourth-order valence-electron chi connectivity index (χ4n) is 3.64. The first-order valence-corrected chi connectivity index (χ1v) is 11.9. The van der Waals surface area contributed by atoms with Gasteiger partial charge in [0.1, 0.15) is 5.82 Å². The predicted octanol–water partition coefficient (Wildman–Crippen LogP) is 5.35. The minimum atomic E-state index is -0.913. The summed E-state index contributed by atoms with van der Waals surface area (Å²) < 4.78 is 19.7. The van der Waals surface area contributed by atoms with Crippen LogP contribution in [0, 0.1) is 5.82 Å². The van der Waals surface area contributed by atoms with Crippen molar-refractivity contribution in [2.24, 2.45) is 0 Å². The summed E-state index contributed by atoms with van der Waals surface area (Å²) in [6.07, 6.45) is 1.35. The third kappa shape index (κ3) is 4.02. The van der Waals surface area contributed by atoms with Gasteiger partial charge in [0.15, 0.2) is 15.9 Å². The third-order valence-corrected chi connectivity index (χ3v) is 7.33. The molecular weight excluding hydrogens is 477 g/mol. The summed E-state index contributed by atoms with van der Waals surface area (Å²) in [5, 5.41) is 19.2. The van der Waals surface area contributed by atoms with Crippen molar-refractivity contribution in [2.45, 2.75) is 16.1 Å². The van der Waals surface area contributed by atoms with E-state index in [1.807, 2.05) is 6.07 Å². The number of furan rings is 1. The van der Waals surface area contributed by atoms with Gasteiger partial charge in [0.2, 0.25) is 10.9 Å². The normalized spacial score (nSPS) is 15.9. The van der Waals surface area contributed by atoms with Gasteiger partial charge in [0, 0.05) is 5.75 Å². The van der Waals surface area contributed by atoms with Crippen LogP contribution in [-0.2, 0) is 10.5 Å². The molecule has 0 fully saturated rings. The summed E-state index contributed by atoms with van der Waals surface area (Å²) in [5.74, 6) is -1.98. The highest BCUT2D eigenvalue weighted by molar-refractivity contribution is 8.00. The van der Waals surface area contributed by atoms with Crippen LogP contribution in [0.2, 0.25) is 0 Å². The molecule has 7 nitrogen and oxygen atoms in total. The number of amides is 1. The summed E-state index contributed by atoms with van der Waals surface area (Å²) in [4.78, 5) is 27.5. The molecule has 3 heterocycles. The van der Waals surface area contributed by atoms with Gasteiger partial charge >= 0.3 is 0 Å². The highest BCUT2D eigenvalue weighted by Gasteiger charge is 2.46. The van der Waals surface area contributed by atoms with E-state index in [4.69, 9.17) is 4.42 Å². The van der Waals surface area contributed by atoms with E-state index in [9.17, 15) is 19.1 Å². The fourth-order valence-corrected chi connectivity index (χ4v) is 5.49. The number of anilines is 1. The lowest BCUT2D eigenvalue weighted by Gasteiger charge is -2.23. The molecule has 1 aliphatic heterocycles. The quantitative estimate of drug-likeness (QED) is 0.211. The molecule has 34 heavy (non-hydrogen) atoms. The first kappa shape index (κ1) is 22.1. The average molecular weight is 494 g/mol. The molecule has 0 aliphatic carbocycles. The van der Waals surface area contributed by atoms with Gasteiger partial charge < -0.3 is 9.52 Å². The fraction of sp³-hybridized carbons (Fsp3) is 0.0833. The van der Waals surface area contributed by atoms with Gasteiger partial charge in [0.25, 0.3) is 5.91 Å². The highest BCUT2D eigenvalue weighted by Crippen LogP contribution is 2.43. The largest absolute Gasteiger partial charge is 0.503 e. The van der Waals surface area contributed by atoms with Crippen LogP contribution in [0.5, 0.6) is 0 Å². The number of ketones is 1. The van der Waals surface area contributed by atoms with Crippen molar-refractivity contribution in [1.82, 2.24) is 10.2 Å². The molecule has 170 valence electrons. The van der Waals surface area contributed by atoms with E-state index in [1.54, 1.807) is 48.5 Å². The number of benzene rings is 2. The van der Waals surface area contributed by atoms with Gasteiger partial charge in [-0.15, -0.1) is 10.2 Å². The molecule has 0 saturated carbocycles. The van der Waals surface area contributed by atoms with Crippen LogP contribution in [-0.4, -0.2) is 27.0 Å². The molecule has 4 aromatic rings. The number of rotatable bonds is 7. The molecule has 10 heteroatoms. The average Bonchev–Trinajstić information content (AvgIpc) is 3.60. The zero-order valence-corrected chi connectivity index (χ0v) is 19.1. The monoisotopic (exact) mass is 493 g/mol. The second-order valence-corrected chi connectivity index (χ2v) is 9.47. The van der Waals surface area contributed by atoms with Gasteiger partial charge in [-0.1, -0.05) is 71.6 Å². The Morgan fingerprint density at radius 2 is 1.85 bits per heavy atom. The van der Waals surface area contributed by atoms with Crippen molar-refractivity contribution >= 4 is 39.9 Å². The Hall–Kier alpha value is -3.76. The minimum Gasteiger partial charge on any atom is -0.503 e. The number of nitrogens with zero attached hydrogens (tertiary/aromatic N) is 3. The maximum absolute atomic E-state index is 13.9. The Balaban J connectivity index is 1.48. The van der Waals surface area contributed by atoms with Crippen LogP contribution in [0.1, 0.15) is 27.7 Å². The summed E-state index contributed by atoms with van der Waals surface area (Å²) in [7, 11) is 0. The zero-order valence-electron chi connectivity index (χ0n) is 17.4. The first-order valence-electron chi connectivity index (χ1n) is 10.1. The van der Waals surface area contributed by atoms with Crippen molar-refractivity contribution in [3.05, 3.63) is 107 Å². The second kappa shape index (κ2) is 9.24. The number of halogens is 1. The maximum Gasteiger partial charge on any atom is 0.296 e. The lowest BCUT2D eigenvalue weighted by atomic mass is 9.95. The van der Waals surface area contributed by atoms with E-state index in [2.05, 4.69) is 10.2 Å². The Kier molecular flexibility index (Phi) is 5.99. The lowest BCUT2D eigenvalue weighted by molar-refractivity contribution is -0.117. The van der Waals surface area contributed by atoms with Crippen LogP contribution in [0.15, 0.2) is 93.1 Å². The predicted molar refractivity (Wildman–Crippen MR) is 125 cm³/mol. The number of hydrogen-bond acceptors (Lipinski definition) is 8. The molecule has 0 bridgehead atoms. The van der Waals surface area contributed by atoms with Crippen LogP contribution in [0.4, 0.5) is 9.52 Å². The van der Waals surface area contributed by atoms with Crippen LogP contribution < -0.4 is 4.90 Å². The molecule has 0 saturated heterocycles. The van der Waals surface area contributed by atoms with E-state index >= 15 is 0 Å².